The third-order valence-electron chi connectivity index (χ3n) is 5.31. The van der Waals surface area contributed by atoms with Gasteiger partial charge >= 0.3 is 0 Å². The zero-order valence-electron chi connectivity index (χ0n) is 20.9. The highest BCUT2D eigenvalue weighted by Crippen LogP contribution is 2.16. The molecular formula is C27H48O4. The van der Waals surface area contributed by atoms with Gasteiger partial charge in [0.15, 0.2) is 0 Å². The minimum absolute atomic E-state index is 0.0206. The lowest BCUT2D eigenvalue weighted by molar-refractivity contribution is -0.0727. The number of benzene rings is 1. The molecule has 0 aliphatic carbocycles. The second-order valence-electron chi connectivity index (χ2n) is 8.80. The van der Waals surface area contributed by atoms with Gasteiger partial charge in [-0.25, -0.2) is 0 Å². The van der Waals surface area contributed by atoms with Crippen LogP contribution in [0.1, 0.15) is 91.5 Å². The predicted molar refractivity (Wildman–Crippen MR) is 130 cm³/mol. The van der Waals surface area contributed by atoms with Crippen molar-refractivity contribution in [2.24, 2.45) is 0 Å². The largest absolute Gasteiger partial charge is 0.491 e. The molecule has 180 valence electrons. The lowest BCUT2D eigenvalue weighted by Crippen LogP contribution is -2.27. The first-order valence-electron chi connectivity index (χ1n) is 12.6. The molecule has 0 aliphatic rings. The number of rotatable bonds is 20. The summed E-state index contributed by atoms with van der Waals surface area (Å²) in [6.07, 6.45) is 11.8. The zero-order chi connectivity index (χ0) is 22.7. The molecule has 0 bridgehead atoms. The first-order chi connectivity index (χ1) is 15.0. The molecule has 1 aromatic carbocycles. The molecule has 3 atom stereocenters. The van der Waals surface area contributed by atoms with Crippen molar-refractivity contribution in [1.29, 1.82) is 0 Å². The predicted octanol–water partition coefficient (Wildman–Crippen LogP) is 6.98. The van der Waals surface area contributed by atoms with Crippen molar-refractivity contribution in [3.8, 4) is 5.75 Å². The van der Waals surface area contributed by atoms with Gasteiger partial charge in [0.25, 0.3) is 0 Å². The normalized spacial score (nSPS) is 14.4. The number of unbranched alkanes of at least 4 members (excludes halogenated alkanes) is 6. The molecule has 0 saturated heterocycles. The van der Waals surface area contributed by atoms with Gasteiger partial charge in [-0.1, -0.05) is 64.5 Å². The molecule has 0 fully saturated rings. The van der Waals surface area contributed by atoms with Gasteiger partial charge in [-0.05, 0) is 57.7 Å². The molecule has 0 amide bonds. The van der Waals surface area contributed by atoms with Crippen LogP contribution in [0.5, 0.6) is 5.75 Å². The van der Waals surface area contributed by atoms with E-state index in [9.17, 15) is 0 Å². The van der Waals surface area contributed by atoms with Crippen molar-refractivity contribution >= 4 is 0 Å². The van der Waals surface area contributed by atoms with E-state index in [1.807, 2.05) is 20.8 Å². The van der Waals surface area contributed by atoms with Gasteiger partial charge in [-0.3, -0.25) is 0 Å². The number of hydrogen-bond donors (Lipinski definition) is 0. The summed E-state index contributed by atoms with van der Waals surface area (Å²) in [5.74, 6) is 0.907. The van der Waals surface area contributed by atoms with Crippen LogP contribution < -0.4 is 4.74 Å². The van der Waals surface area contributed by atoms with Gasteiger partial charge in [-0.2, -0.15) is 0 Å². The first kappa shape index (κ1) is 27.9. The molecule has 0 spiro atoms. The molecule has 4 nitrogen and oxygen atoms in total. The van der Waals surface area contributed by atoms with Crippen LogP contribution in [-0.4, -0.2) is 44.7 Å². The van der Waals surface area contributed by atoms with Crippen LogP contribution >= 0.6 is 0 Å². The highest BCUT2D eigenvalue weighted by Gasteiger charge is 2.10. The first-order valence-corrected chi connectivity index (χ1v) is 12.6. The summed E-state index contributed by atoms with van der Waals surface area (Å²) in [5, 5.41) is 0. The van der Waals surface area contributed by atoms with Crippen molar-refractivity contribution in [3.05, 3.63) is 29.8 Å². The standard InChI is InChI=1S/C27H48O4/c1-6-8-9-10-11-12-13-14-26-15-17-27(18-16-26)31-22-25(5)30-21-24(4)29-20-23(3)28-19-7-2/h15-18,23-25H,6-14,19-22H2,1-5H3. The minimum atomic E-state index is 0.0206. The summed E-state index contributed by atoms with van der Waals surface area (Å²) in [6, 6.07) is 8.53. The van der Waals surface area contributed by atoms with E-state index in [0.29, 0.717) is 19.8 Å². The number of hydrogen-bond acceptors (Lipinski definition) is 4. The van der Waals surface area contributed by atoms with Crippen LogP contribution in [0, 0.1) is 0 Å². The van der Waals surface area contributed by atoms with E-state index in [-0.39, 0.29) is 18.3 Å². The van der Waals surface area contributed by atoms with Crippen LogP contribution in [0.15, 0.2) is 24.3 Å². The summed E-state index contributed by atoms with van der Waals surface area (Å²) in [5.41, 5.74) is 1.40. The molecule has 0 N–H and O–H groups in total. The van der Waals surface area contributed by atoms with E-state index in [4.69, 9.17) is 18.9 Å². The Morgan fingerprint density at radius 1 is 0.613 bits per heavy atom. The second kappa shape index (κ2) is 18.5. The smallest absolute Gasteiger partial charge is 0.119 e. The lowest BCUT2D eigenvalue weighted by Gasteiger charge is -2.20. The third kappa shape index (κ3) is 15.4. The lowest BCUT2D eigenvalue weighted by atomic mass is 10.0. The van der Waals surface area contributed by atoms with Crippen molar-refractivity contribution in [2.45, 2.75) is 111 Å². The SMILES string of the molecule is CCCCCCCCCc1ccc(OCC(C)OCC(C)OCC(C)OCCC)cc1. The minimum Gasteiger partial charge on any atom is -0.491 e. The maximum Gasteiger partial charge on any atom is 0.119 e. The number of ether oxygens (including phenoxy) is 4. The van der Waals surface area contributed by atoms with Gasteiger partial charge in [0, 0.05) is 6.61 Å². The topological polar surface area (TPSA) is 36.9 Å². The van der Waals surface area contributed by atoms with Crippen molar-refractivity contribution in [3.63, 3.8) is 0 Å². The molecule has 0 aromatic heterocycles. The molecule has 0 aliphatic heterocycles. The third-order valence-corrected chi connectivity index (χ3v) is 5.31. The summed E-state index contributed by atoms with van der Waals surface area (Å²) in [7, 11) is 0. The molecule has 0 radical (unpaired) electrons. The van der Waals surface area contributed by atoms with Gasteiger partial charge < -0.3 is 18.9 Å². The molecule has 0 heterocycles. The second-order valence-corrected chi connectivity index (χ2v) is 8.80. The zero-order valence-corrected chi connectivity index (χ0v) is 20.9. The monoisotopic (exact) mass is 436 g/mol. The van der Waals surface area contributed by atoms with Crippen LogP contribution in [0.4, 0.5) is 0 Å². The van der Waals surface area contributed by atoms with E-state index in [1.54, 1.807) is 0 Å². The summed E-state index contributed by atoms with van der Waals surface area (Å²) >= 11 is 0. The maximum absolute atomic E-state index is 5.89. The van der Waals surface area contributed by atoms with E-state index in [2.05, 4.69) is 38.1 Å². The molecular weight excluding hydrogens is 388 g/mol. The van der Waals surface area contributed by atoms with Crippen LogP contribution in [0.3, 0.4) is 0 Å². The average Bonchev–Trinajstić information content (AvgIpc) is 2.78. The highest BCUT2D eigenvalue weighted by atomic mass is 16.6. The number of aryl methyl sites for hydroxylation is 1. The Morgan fingerprint density at radius 3 is 1.77 bits per heavy atom. The Hall–Kier alpha value is -1.10. The fourth-order valence-corrected chi connectivity index (χ4v) is 3.32. The molecule has 0 saturated carbocycles. The van der Waals surface area contributed by atoms with E-state index in [1.165, 1.54) is 50.5 Å². The van der Waals surface area contributed by atoms with Crippen LogP contribution in [0.25, 0.3) is 0 Å². The molecule has 3 unspecified atom stereocenters. The van der Waals surface area contributed by atoms with Crippen molar-refractivity contribution in [2.75, 3.05) is 26.4 Å². The van der Waals surface area contributed by atoms with Gasteiger partial charge in [0.2, 0.25) is 0 Å². The fourth-order valence-electron chi connectivity index (χ4n) is 3.32. The quantitative estimate of drug-likeness (QED) is 0.207. The van der Waals surface area contributed by atoms with E-state index in [0.717, 1.165) is 25.2 Å². The van der Waals surface area contributed by atoms with Crippen molar-refractivity contribution < 1.29 is 18.9 Å². The molecule has 4 heteroatoms. The van der Waals surface area contributed by atoms with E-state index < -0.39 is 0 Å². The molecule has 1 aromatic rings. The Bertz CT molecular complexity index is 516. The highest BCUT2D eigenvalue weighted by molar-refractivity contribution is 5.27. The summed E-state index contributed by atoms with van der Waals surface area (Å²) in [6.45, 7) is 13.0. The molecule has 1 rings (SSSR count). The van der Waals surface area contributed by atoms with Crippen molar-refractivity contribution in [1.82, 2.24) is 0 Å². The van der Waals surface area contributed by atoms with E-state index >= 15 is 0 Å². The summed E-state index contributed by atoms with van der Waals surface area (Å²) < 4.78 is 23.2. The Labute approximate surface area is 192 Å². The van der Waals surface area contributed by atoms with Gasteiger partial charge in [-0.15, -0.1) is 0 Å². The summed E-state index contributed by atoms with van der Waals surface area (Å²) in [4.78, 5) is 0. The van der Waals surface area contributed by atoms with Gasteiger partial charge in [0.1, 0.15) is 12.4 Å². The van der Waals surface area contributed by atoms with Crippen LogP contribution in [0.2, 0.25) is 0 Å². The van der Waals surface area contributed by atoms with Crippen LogP contribution in [-0.2, 0) is 20.6 Å². The van der Waals surface area contributed by atoms with Gasteiger partial charge in [0.05, 0.1) is 31.5 Å². The average molecular weight is 437 g/mol. The Morgan fingerprint density at radius 2 is 1.16 bits per heavy atom. The molecule has 31 heavy (non-hydrogen) atoms. The maximum atomic E-state index is 5.89. The fraction of sp³-hybridized carbons (Fsp3) is 0.778. The Kier molecular flexibility index (Phi) is 16.6. The Balaban J connectivity index is 2.12.